The highest BCUT2D eigenvalue weighted by atomic mass is 16.2. The fourth-order valence-corrected chi connectivity index (χ4v) is 4.00. The zero-order chi connectivity index (χ0) is 18.1. The zero-order valence-corrected chi connectivity index (χ0v) is 15.1. The second kappa shape index (κ2) is 6.43. The van der Waals surface area contributed by atoms with Crippen LogP contribution in [0.2, 0.25) is 0 Å². The maximum atomic E-state index is 13.8. The number of amides is 1. The van der Waals surface area contributed by atoms with E-state index >= 15 is 0 Å². The lowest BCUT2D eigenvalue weighted by Gasteiger charge is -2.31. The minimum Gasteiger partial charge on any atom is -0.272 e. The van der Waals surface area contributed by atoms with E-state index in [0.29, 0.717) is 6.42 Å². The lowest BCUT2D eigenvalue weighted by molar-refractivity contribution is -0.124. The summed E-state index contributed by atoms with van der Waals surface area (Å²) < 4.78 is 0. The summed E-state index contributed by atoms with van der Waals surface area (Å²) in [5, 5.41) is 3.67. The van der Waals surface area contributed by atoms with Crippen molar-refractivity contribution in [3.63, 3.8) is 0 Å². The lowest BCUT2D eigenvalue weighted by Crippen LogP contribution is -2.48. The van der Waals surface area contributed by atoms with Gasteiger partial charge in [0.15, 0.2) is 0 Å². The molecule has 130 valence electrons. The molecule has 1 heterocycles. The predicted octanol–water partition coefficient (Wildman–Crippen LogP) is 4.04. The molecule has 1 aliphatic heterocycles. The van der Waals surface area contributed by atoms with Gasteiger partial charge in [-0.1, -0.05) is 78.9 Å². The summed E-state index contributed by atoms with van der Waals surface area (Å²) in [6, 6.07) is 28.5. The Bertz CT molecular complexity index is 921. The van der Waals surface area contributed by atoms with Crippen molar-refractivity contribution in [2.75, 3.05) is 19.1 Å². The van der Waals surface area contributed by atoms with Crippen molar-refractivity contribution in [2.24, 2.45) is 0 Å². The van der Waals surface area contributed by atoms with Gasteiger partial charge >= 0.3 is 0 Å². The number of carbonyl (C=O) groups is 1. The number of rotatable bonds is 4. The Labute approximate surface area is 154 Å². The minimum absolute atomic E-state index is 0.0961. The molecule has 26 heavy (non-hydrogen) atoms. The standard InChI is InChI=1S/C23H22N2O/c1-24(2)25-21-16-10-9-15-20(21)23(22(25)26,19-13-7-4-8-14-19)17-18-11-5-3-6-12-18/h3-16H,17H2,1-2H3. The average Bonchev–Trinajstić information content (AvgIpc) is 2.92. The fraction of sp³-hybridized carbons (Fsp3) is 0.174. The van der Waals surface area contributed by atoms with Crippen LogP contribution in [0.4, 0.5) is 5.69 Å². The van der Waals surface area contributed by atoms with Crippen molar-refractivity contribution >= 4 is 11.6 Å². The molecule has 1 aliphatic rings. The van der Waals surface area contributed by atoms with Gasteiger partial charge in [0.05, 0.1) is 5.69 Å². The largest absolute Gasteiger partial charge is 0.272 e. The van der Waals surface area contributed by atoms with Gasteiger partial charge in [0.1, 0.15) is 5.41 Å². The topological polar surface area (TPSA) is 23.6 Å². The van der Waals surface area contributed by atoms with Crippen LogP contribution in [0.5, 0.6) is 0 Å². The van der Waals surface area contributed by atoms with Gasteiger partial charge in [-0.15, -0.1) is 0 Å². The molecule has 0 N–H and O–H groups in total. The summed E-state index contributed by atoms with van der Waals surface area (Å²) in [6.07, 6.45) is 0.637. The molecule has 0 saturated carbocycles. The summed E-state index contributed by atoms with van der Waals surface area (Å²) >= 11 is 0. The smallest absolute Gasteiger partial charge is 0.257 e. The van der Waals surface area contributed by atoms with E-state index < -0.39 is 5.41 Å². The van der Waals surface area contributed by atoms with Crippen molar-refractivity contribution in [3.8, 4) is 0 Å². The monoisotopic (exact) mass is 342 g/mol. The number of hydrazine groups is 1. The van der Waals surface area contributed by atoms with Crippen LogP contribution in [0.15, 0.2) is 84.9 Å². The first-order valence-electron chi connectivity index (χ1n) is 8.85. The highest BCUT2D eigenvalue weighted by Gasteiger charge is 2.52. The molecular weight excluding hydrogens is 320 g/mol. The van der Waals surface area contributed by atoms with Gasteiger partial charge in [-0.3, -0.25) is 4.79 Å². The van der Waals surface area contributed by atoms with Crippen LogP contribution in [-0.2, 0) is 16.6 Å². The maximum Gasteiger partial charge on any atom is 0.257 e. The van der Waals surface area contributed by atoms with E-state index in [0.717, 1.165) is 22.4 Å². The quantitative estimate of drug-likeness (QED) is 0.714. The van der Waals surface area contributed by atoms with Crippen molar-refractivity contribution in [3.05, 3.63) is 102 Å². The van der Waals surface area contributed by atoms with E-state index in [1.54, 1.807) is 5.01 Å². The third kappa shape index (κ3) is 2.44. The normalized spacial score (nSPS) is 19.0. The van der Waals surface area contributed by atoms with Crippen molar-refractivity contribution < 1.29 is 4.79 Å². The molecule has 1 unspecified atom stereocenters. The molecule has 0 aromatic heterocycles. The molecule has 0 aliphatic carbocycles. The van der Waals surface area contributed by atoms with E-state index in [9.17, 15) is 4.79 Å². The highest BCUT2D eigenvalue weighted by molar-refractivity contribution is 6.10. The molecule has 0 bridgehead atoms. The first kappa shape index (κ1) is 16.6. The molecule has 0 radical (unpaired) electrons. The van der Waals surface area contributed by atoms with Gasteiger partial charge < -0.3 is 0 Å². The van der Waals surface area contributed by atoms with Crippen LogP contribution in [-0.4, -0.2) is 25.0 Å². The van der Waals surface area contributed by atoms with Crippen LogP contribution in [0, 0.1) is 0 Å². The maximum absolute atomic E-state index is 13.8. The lowest BCUT2D eigenvalue weighted by atomic mass is 9.71. The summed E-state index contributed by atoms with van der Waals surface area (Å²) in [5.74, 6) is 0.0961. The third-order valence-corrected chi connectivity index (χ3v) is 5.13. The van der Waals surface area contributed by atoms with Gasteiger partial charge in [0.2, 0.25) is 0 Å². The minimum atomic E-state index is -0.719. The van der Waals surface area contributed by atoms with Crippen molar-refractivity contribution in [1.29, 1.82) is 0 Å². The van der Waals surface area contributed by atoms with E-state index in [1.165, 1.54) is 0 Å². The summed E-state index contributed by atoms with van der Waals surface area (Å²) in [4.78, 5) is 13.8. The van der Waals surface area contributed by atoms with Gasteiger partial charge in [0, 0.05) is 14.1 Å². The van der Waals surface area contributed by atoms with Crippen LogP contribution >= 0.6 is 0 Å². The molecule has 3 aromatic carbocycles. The summed E-state index contributed by atoms with van der Waals surface area (Å²) in [5.41, 5.74) is 3.49. The Hall–Kier alpha value is -2.91. The van der Waals surface area contributed by atoms with E-state index in [4.69, 9.17) is 0 Å². The van der Waals surface area contributed by atoms with Crippen molar-refractivity contribution in [2.45, 2.75) is 11.8 Å². The molecule has 0 fully saturated rings. The SMILES string of the molecule is CN(C)N1C(=O)C(Cc2ccccc2)(c2ccccc2)c2ccccc21. The summed E-state index contributed by atoms with van der Waals surface area (Å²) in [6.45, 7) is 0. The number of anilines is 1. The number of hydrogen-bond donors (Lipinski definition) is 0. The molecule has 3 aromatic rings. The Kier molecular flexibility index (Phi) is 4.09. The second-order valence-corrected chi connectivity index (χ2v) is 6.92. The van der Waals surface area contributed by atoms with Gasteiger partial charge in [-0.2, -0.15) is 0 Å². The van der Waals surface area contributed by atoms with Crippen molar-refractivity contribution in [1.82, 2.24) is 5.01 Å². The first-order chi connectivity index (χ1) is 12.6. The van der Waals surface area contributed by atoms with Crippen LogP contribution in [0.1, 0.15) is 16.7 Å². The van der Waals surface area contributed by atoms with E-state index in [1.807, 2.05) is 73.7 Å². The van der Waals surface area contributed by atoms with Crippen LogP contribution < -0.4 is 5.01 Å². The summed E-state index contributed by atoms with van der Waals surface area (Å²) in [7, 11) is 3.83. The number of nitrogens with zero attached hydrogens (tertiary/aromatic N) is 2. The predicted molar refractivity (Wildman–Crippen MR) is 105 cm³/mol. The van der Waals surface area contributed by atoms with Crippen LogP contribution in [0.25, 0.3) is 0 Å². The molecule has 4 rings (SSSR count). The number of carbonyl (C=O) groups excluding carboxylic acids is 1. The number of benzene rings is 3. The molecule has 3 heteroatoms. The molecule has 1 atom stereocenters. The zero-order valence-electron chi connectivity index (χ0n) is 15.1. The second-order valence-electron chi connectivity index (χ2n) is 6.92. The Morgan fingerprint density at radius 3 is 2.04 bits per heavy atom. The molecular formula is C23H22N2O. The Balaban J connectivity index is 1.98. The first-order valence-corrected chi connectivity index (χ1v) is 8.85. The third-order valence-electron chi connectivity index (χ3n) is 5.13. The Morgan fingerprint density at radius 2 is 1.38 bits per heavy atom. The van der Waals surface area contributed by atoms with E-state index in [2.05, 4.69) is 30.3 Å². The van der Waals surface area contributed by atoms with Gasteiger partial charge in [0.25, 0.3) is 5.91 Å². The van der Waals surface area contributed by atoms with Gasteiger partial charge in [-0.25, -0.2) is 10.0 Å². The highest BCUT2D eigenvalue weighted by Crippen LogP contribution is 2.48. The number of para-hydroxylation sites is 1. The van der Waals surface area contributed by atoms with E-state index in [-0.39, 0.29) is 5.91 Å². The average molecular weight is 342 g/mol. The van der Waals surface area contributed by atoms with Gasteiger partial charge in [-0.05, 0) is 29.2 Å². The Morgan fingerprint density at radius 1 is 0.808 bits per heavy atom. The molecule has 0 spiro atoms. The molecule has 0 saturated heterocycles. The fourth-order valence-electron chi connectivity index (χ4n) is 4.00. The van der Waals surface area contributed by atoms with Crippen LogP contribution in [0.3, 0.4) is 0 Å². The molecule has 3 nitrogen and oxygen atoms in total. The number of hydrogen-bond acceptors (Lipinski definition) is 2. The molecule has 1 amide bonds. The number of fused-ring (bicyclic) bond motifs is 1.